The number of rotatable bonds is 12. The van der Waals surface area contributed by atoms with Crippen LogP contribution >= 0.6 is 0 Å². The van der Waals surface area contributed by atoms with Crippen LogP contribution in [-0.4, -0.2) is 55.1 Å². The van der Waals surface area contributed by atoms with Crippen LogP contribution in [-0.2, 0) is 17.8 Å². The molecule has 1 heterocycles. The lowest BCUT2D eigenvalue weighted by Crippen LogP contribution is -2.48. The highest BCUT2D eigenvalue weighted by Crippen LogP contribution is 2.28. The molecule has 1 unspecified atom stereocenters. The molecule has 1 N–H and O–H groups in total. The second-order valence-electron chi connectivity index (χ2n) is 8.96. The van der Waals surface area contributed by atoms with Crippen LogP contribution in [0.2, 0.25) is 0 Å². The van der Waals surface area contributed by atoms with Crippen molar-refractivity contribution in [2.75, 3.05) is 32.6 Å². The number of furan rings is 1. The Morgan fingerprint density at radius 3 is 2.43 bits per heavy atom. The third kappa shape index (κ3) is 7.52. The molecule has 3 aromatic rings. The maximum absolute atomic E-state index is 13.6. The van der Waals surface area contributed by atoms with Crippen LogP contribution in [0, 0.1) is 6.92 Å². The highest BCUT2D eigenvalue weighted by molar-refractivity contribution is 5.93. The summed E-state index contributed by atoms with van der Waals surface area (Å²) < 4.78 is 16.3. The van der Waals surface area contributed by atoms with Gasteiger partial charge in [-0.1, -0.05) is 31.2 Å². The quantitative estimate of drug-likeness (QED) is 0.350. The largest absolute Gasteiger partial charge is 0.493 e. The molecular formula is C29H37N3O5. The van der Waals surface area contributed by atoms with Crippen molar-refractivity contribution in [3.63, 3.8) is 0 Å². The first-order valence-electron chi connectivity index (χ1n) is 12.5. The lowest BCUT2D eigenvalue weighted by Gasteiger charge is -2.31. The molecular weight excluding hydrogens is 470 g/mol. The molecule has 3 amide bonds. The maximum Gasteiger partial charge on any atom is 0.322 e. The minimum atomic E-state index is -0.296. The van der Waals surface area contributed by atoms with Crippen LogP contribution in [0.3, 0.4) is 0 Å². The van der Waals surface area contributed by atoms with Crippen molar-refractivity contribution >= 4 is 17.6 Å². The van der Waals surface area contributed by atoms with E-state index in [9.17, 15) is 9.59 Å². The molecule has 0 saturated carbocycles. The predicted octanol–water partition coefficient (Wildman–Crippen LogP) is 5.51. The van der Waals surface area contributed by atoms with E-state index in [0.29, 0.717) is 36.8 Å². The zero-order chi connectivity index (χ0) is 26.8. The van der Waals surface area contributed by atoms with E-state index in [0.717, 1.165) is 23.2 Å². The number of nitrogens with one attached hydrogen (secondary N) is 1. The van der Waals surface area contributed by atoms with Crippen molar-refractivity contribution < 1.29 is 23.5 Å². The molecule has 2 aromatic carbocycles. The number of carbonyl (C=O) groups is 2. The third-order valence-corrected chi connectivity index (χ3v) is 6.47. The molecule has 0 aliphatic carbocycles. The summed E-state index contributed by atoms with van der Waals surface area (Å²) >= 11 is 0. The standard InChI is InChI=1S/C29H37N3O5/c1-6-22(3)32(29(34)30-25-12-8-7-10-21(25)2)20-28(33)31(19-24-11-9-17-37-24)16-15-23-13-14-26(35-4)27(18-23)36-5/h7-14,17-18,22H,6,15-16,19-20H2,1-5H3,(H,30,34). The Morgan fingerprint density at radius 1 is 1.03 bits per heavy atom. The summed E-state index contributed by atoms with van der Waals surface area (Å²) in [5, 5.41) is 2.97. The lowest BCUT2D eigenvalue weighted by molar-refractivity contribution is -0.133. The summed E-state index contributed by atoms with van der Waals surface area (Å²) in [6, 6.07) is 16.5. The van der Waals surface area contributed by atoms with Crippen molar-refractivity contribution in [2.45, 2.75) is 46.2 Å². The summed E-state index contributed by atoms with van der Waals surface area (Å²) in [7, 11) is 3.19. The van der Waals surface area contributed by atoms with E-state index in [1.807, 2.05) is 69.3 Å². The number of hydrogen-bond donors (Lipinski definition) is 1. The highest BCUT2D eigenvalue weighted by Gasteiger charge is 2.26. The van der Waals surface area contributed by atoms with E-state index in [-0.39, 0.29) is 24.5 Å². The average Bonchev–Trinajstić information content (AvgIpc) is 3.43. The minimum Gasteiger partial charge on any atom is -0.493 e. The summed E-state index contributed by atoms with van der Waals surface area (Å²) in [5.41, 5.74) is 2.70. The third-order valence-electron chi connectivity index (χ3n) is 6.47. The van der Waals surface area contributed by atoms with Gasteiger partial charge in [-0.25, -0.2) is 4.79 Å². The van der Waals surface area contributed by atoms with Crippen LogP contribution < -0.4 is 14.8 Å². The van der Waals surface area contributed by atoms with Gasteiger partial charge in [0, 0.05) is 18.3 Å². The molecule has 0 spiro atoms. The average molecular weight is 508 g/mol. The normalized spacial score (nSPS) is 11.5. The second kappa shape index (κ2) is 13.4. The number of benzene rings is 2. The van der Waals surface area contributed by atoms with Crippen LogP contribution in [0.15, 0.2) is 65.3 Å². The van der Waals surface area contributed by atoms with Gasteiger partial charge in [0.25, 0.3) is 0 Å². The molecule has 0 radical (unpaired) electrons. The zero-order valence-corrected chi connectivity index (χ0v) is 22.3. The fraction of sp³-hybridized carbons (Fsp3) is 0.379. The van der Waals surface area contributed by atoms with Crippen molar-refractivity contribution in [3.05, 3.63) is 77.7 Å². The van der Waals surface area contributed by atoms with Crippen LogP contribution in [0.1, 0.15) is 37.2 Å². The number of para-hydroxylation sites is 1. The Hall–Kier alpha value is -3.94. The van der Waals surface area contributed by atoms with Gasteiger partial charge in [0.15, 0.2) is 11.5 Å². The van der Waals surface area contributed by atoms with Crippen LogP contribution in [0.5, 0.6) is 11.5 Å². The van der Waals surface area contributed by atoms with Crippen LogP contribution in [0.4, 0.5) is 10.5 Å². The number of anilines is 1. The topological polar surface area (TPSA) is 84.2 Å². The Balaban J connectivity index is 1.76. The van der Waals surface area contributed by atoms with Gasteiger partial charge in [-0.2, -0.15) is 0 Å². The fourth-order valence-electron chi connectivity index (χ4n) is 3.98. The van der Waals surface area contributed by atoms with Gasteiger partial charge >= 0.3 is 6.03 Å². The number of hydrogen-bond acceptors (Lipinski definition) is 5. The number of aryl methyl sites for hydroxylation is 1. The molecule has 8 nitrogen and oxygen atoms in total. The highest BCUT2D eigenvalue weighted by atomic mass is 16.5. The number of ether oxygens (including phenoxy) is 2. The predicted molar refractivity (Wildman–Crippen MR) is 144 cm³/mol. The first kappa shape index (κ1) is 27.6. The summed E-state index contributed by atoms with van der Waals surface area (Å²) in [5.74, 6) is 1.82. The SMILES string of the molecule is CCC(C)N(CC(=O)N(CCc1ccc(OC)c(OC)c1)Cc1ccco1)C(=O)Nc1ccccc1C. The van der Waals surface area contributed by atoms with E-state index in [4.69, 9.17) is 13.9 Å². The molecule has 8 heteroatoms. The Morgan fingerprint density at radius 2 is 1.78 bits per heavy atom. The van der Waals surface area contributed by atoms with E-state index >= 15 is 0 Å². The molecule has 0 fully saturated rings. The molecule has 0 aliphatic rings. The summed E-state index contributed by atoms with van der Waals surface area (Å²) in [4.78, 5) is 30.2. The second-order valence-corrected chi connectivity index (χ2v) is 8.96. The fourth-order valence-corrected chi connectivity index (χ4v) is 3.98. The van der Waals surface area contributed by atoms with Crippen molar-refractivity contribution in [3.8, 4) is 11.5 Å². The smallest absolute Gasteiger partial charge is 0.322 e. The monoisotopic (exact) mass is 507 g/mol. The lowest BCUT2D eigenvalue weighted by atomic mass is 10.1. The first-order valence-corrected chi connectivity index (χ1v) is 12.5. The zero-order valence-electron chi connectivity index (χ0n) is 22.3. The van der Waals surface area contributed by atoms with Gasteiger partial charge in [0.2, 0.25) is 5.91 Å². The Labute approximate surface area is 219 Å². The molecule has 0 bridgehead atoms. The number of methoxy groups -OCH3 is 2. The summed E-state index contributed by atoms with van der Waals surface area (Å²) in [6.45, 7) is 6.61. The van der Waals surface area contributed by atoms with Gasteiger partial charge in [-0.05, 0) is 68.1 Å². The van der Waals surface area contributed by atoms with Gasteiger partial charge in [-0.3, -0.25) is 4.79 Å². The molecule has 1 atom stereocenters. The van der Waals surface area contributed by atoms with E-state index < -0.39 is 0 Å². The van der Waals surface area contributed by atoms with Gasteiger partial charge < -0.3 is 29.0 Å². The first-order chi connectivity index (χ1) is 17.9. The van der Waals surface area contributed by atoms with Crippen molar-refractivity contribution in [1.29, 1.82) is 0 Å². The molecule has 0 saturated heterocycles. The number of nitrogens with zero attached hydrogens (tertiary/aromatic N) is 2. The number of amides is 3. The van der Waals surface area contributed by atoms with Gasteiger partial charge in [0.05, 0.1) is 27.0 Å². The molecule has 198 valence electrons. The van der Waals surface area contributed by atoms with Crippen LogP contribution in [0.25, 0.3) is 0 Å². The minimum absolute atomic E-state index is 0.0423. The number of urea groups is 1. The van der Waals surface area contributed by atoms with Crippen molar-refractivity contribution in [2.24, 2.45) is 0 Å². The summed E-state index contributed by atoms with van der Waals surface area (Å²) in [6.07, 6.45) is 2.91. The molecule has 0 aliphatic heterocycles. The number of carbonyl (C=O) groups excluding carboxylic acids is 2. The molecule has 3 rings (SSSR count). The van der Waals surface area contributed by atoms with Crippen molar-refractivity contribution in [1.82, 2.24) is 9.80 Å². The molecule has 1 aromatic heterocycles. The Kier molecular flexibility index (Phi) is 10.0. The molecule has 37 heavy (non-hydrogen) atoms. The Bertz CT molecular complexity index is 1160. The van der Waals surface area contributed by atoms with E-state index in [1.165, 1.54) is 0 Å². The maximum atomic E-state index is 13.6. The van der Waals surface area contributed by atoms with E-state index in [2.05, 4.69) is 5.32 Å². The van der Waals surface area contributed by atoms with E-state index in [1.54, 1.807) is 36.3 Å². The van der Waals surface area contributed by atoms with Gasteiger partial charge in [-0.15, -0.1) is 0 Å². The van der Waals surface area contributed by atoms with Gasteiger partial charge in [0.1, 0.15) is 12.3 Å².